The summed E-state index contributed by atoms with van der Waals surface area (Å²) in [5.41, 5.74) is 1.14. The van der Waals surface area contributed by atoms with Crippen LogP contribution in [0, 0.1) is 0 Å². The van der Waals surface area contributed by atoms with Crippen LogP contribution in [-0.4, -0.2) is 49.5 Å². The van der Waals surface area contributed by atoms with Crippen molar-refractivity contribution in [3.8, 4) is 5.75 Å². The molecule has 1 aromatic rings. The topological polar surface area (TPSA) is 42.3 Å². The van der Waals surface area contributed by atoms with Crippen LogP contribution in [0.15, 0.2) is 6.20 Å². The smallest absolute Gasteiger partial charge is 0.161 e. The van der Waals surface area contributed by atoms with Gasteiger partial charge in [0, 0.05) is 6.54 Å². The number of nitrogens with one attached hydrogen (secondary N) is 1. The maximum Gasteiger partial charge on any atom is 0.161 e. The first-order valence-electron chi connectivity index (χ1n) is 6.05. The van der Waals surface area contributed by atoms with Gasteiger partial charge in [0.2, 0.25) is 0 Å². The van der Waals surface area contributed by atoms with Crippen LogP contribution in [-0.2, 0) is 6.54 Å². The summed E-state index contributed by atoms with van der Waals surface area (Å²) in [5, 5.41) is 7.70. The fourth-order valence-electron chi connectivity index (χ4n) is 1.89. The molecule has 1 atom stereocenters. The highest BCUT2D eigenvalue weighted by Crippen LogP contribution is 2.26. The van der Waals surface area contributed by atoms with Crippen LogP contribution in [0.25, 0.3) is 0 Å². The van der Waals surface area contributed by atoms with Crippen LogP contribution in [0.1, 0.15) is 25.1 Å². The predicted octanol–water partition coefficient (Wildman–Crippen LogP) is 1.12. The zero-order valence-electron chi connectivity index (χ0n) is 11.5. The average Bonchev–Trinajstić information content (AvgIpc) is 2.71. The molecule has 1 heterocycles. The average molecular weight is 240 g/mol. The van der Waals surface area contributed by atoms with Crippen molar-refractivity contribution in [3.63, 3.8) is 0 Å². The van der Waals surface area contributed by atoms with Crippen molar-refractivity contribution in [2.24, 2.45) is 0 Å². The zero-order chi connectivity index (χ0) is 12.8. The molecular formula is C12H24N4O. The van der Waals surface area contributed by atoms with Crippen molar-refractivity contribution in [3.05, 3.63) is 11.9 Å². The number of aromatic nitrogens is 2. The van der Waals surface area contributed by atoms with Crippen molar-refractivity contribution >= 4 is 0 Å². The third kappa shape index (κ3) is 3.44. The second kappa shape index (κ2) is 6.61. The van der Waals surface area contributed by atoms with Gasteiger partial charge in [0.25, 0.3) is 0 Å². The lowest BCUT2D eigenvalue weighted by Crippen LogP contribution is -2.24. The van der Waals surface area contributed by atoms with Gasteiger partial charge >= 0.3 is 0 Å². The molecule has 5 nitrogen and oxygen atoms in total. The van der Waals surface area contributed by atoms with E-state index in [1.165, 1.54) is 0 Å². The normalized spacial score (nSPS) is 13.1. The third-order valence-electron chi connectivity index (χ3n) is 2.91. The molecule has 17 heavy (non-hydrogen) atoms. The highest BCUT2D eigenvalue weighted by atomic mass is 16.5. The van der Waals surface area contributed by atoms with E-state index in [-0.39, 0.29) is 6.04 Å². The Kier molecular flexibility index (Phi) is 5.44. The van der Waals surface area contributed by atoms with Crippen molar-refractivity contribution in [1.29, 1.82) is 0 Å². The molecule has 0 amide bonds. The first-order chi connectivity index (χ1) is 8.13. The van der Waals surface area contributed by atoms with E-state index >= 15 is 0 Å². The predicted molar refractivity (Wildman–Crippen MR) is 69.4 cm³/mol. The Balaban J connectivity index is 2.92. The van der Waals surface area contributed by atoms with Crippen LogP contribution in [0.2, 0.25) is 0 Å². The summed E-state index contributed by atoms with van der Waals surface area (Å²) in [6.07, 6.45) is 2.81. The number of ether oxygens (including phenoxy) is 1. The van der Waals surface area contributed by atoms with Gasteiger partial charge in [-0.3, -0.25) is 4.68 Å². The lowest BCUT2D eigenvalue weighted by Gasteiger charge is -2.18. The summed E-state index contributed by atoms with van der Waals surface area (Å²) in [6, 6.07) is 0.287. The number of nitrogens with zero attached hydrogens (tertiary/aromatic N) is 3. The summed E-state index contributed by atoms with van der Waals surface area (Å²) in [7, 11) is 7.79. The molecule has 1 aromatic heterocycles. The Morgan fingerprint density at radius 2 is 2.24 bits per heavy atom. The second-order valence-corrected chi connectivity index (χ2v) is 4.37. The molecule has 1 rings (SSSR count). The first kappa shape index (κ1) is 14.0. The van der Waals surface area contributed by atoms with Gasteiger partial charge in [-0.1, -0.05) is 6.92 Å². The lowest BCUT2D eigenvalue weighted by molar-refractivity contribution is 0.355. The summed E-state index contributed by atoms with van der Waals surface area (Å²) in [5.74, 6) is 0.866. The minimum absolute atomic E-state index is 0.287. The molecule has 5 heteroatoms. The molecule has 98 valence electrons. The van der Waals surface area contributed by atoms with Gasteiger partial charge in [-0.05, 0) is 27.6 Å². The van der Waals surface area contributed by atoms with Crippen molar-refractivity contribution in [2.45, 2.75) is 25.9 Å². The summed E-state index contributed by atoms with van der Waals surface area (Å²) in [4.78, 5) is 2.15. The standard InChI is InChI=1S/C12H24N4O/c1-6-10(13-2)12-11(17-5)9-14-16(12)8-7-15(3)4/h9-10,13H,6-8H2,1-5H3. The second-order valence-electron chi connectivity index (χ2n) is 4.37. The molecule has 0 spiro atoms. The number of rotatable bonds is 7. The van der Waals surface area contributed by atoms with Gasteiger partial charge in [0.1, 0.15) is 0 Å². The van der Waals surface area contributed by atoms with E-state index in [2.05, 4.69) is 36.3 Å². The van der Waals surface area contributed by atoms with Crippen molar-refractivity contribution < 1.29 is 4.74 Å². The molecule has 0 aliphatic rings. The molecule has 0 aromatic carbocycles. The molecule has 0 aliphatic carbocycles. The van der Waals surface area contributed by atoms with Crippen molar-refractivity contribution in [1.82, 2.24) is 20.0 Å². The molecule has 1 N–H and O–H groups in total. The minimum Gasteiger partial charge on any atom is -0.493 e. The molecule has 0 saturated carbocycles. The van der Waals surface area contributed by atoms with Gasteiger partial charge in [-0.25, -0.2) is 0 Å². The van der Waals surface area contributed by atoms with Gasteiger partial charge in [0.15, 0.2) is 5.75 Å². The summed E-state index contributed by atoms with van der Waals surface area (Å²) < 4.78 is 7.41. The van der Waals surface area contributed by atoms with E-state index < -0.39 is 0 Å². The summed E-state index contributed by atoms with van der Waals surface area (Å²) in [6.45, 7) is 4.01. The Morgan fingerprint density at radius 1 is 1.53 bits per heavy atom. The molecule has 0 aliphatic heterocycles. The van der Waals surface area contributed by atoms with E-state index in [9.17, 15) is 0 Å². The van der Waals surface area contributed by atoms with E-state index in [1.54, 1.807) is 13.3 Å². The van der Waals surface area contributed by atoms with Gasteiger partial charge < -0.3 is 15.0 Å². The monoisotopic (exact) mass is 240 g/mol. The molecule has 0 fully saturated rings. The summed E-state index contributed by atoms with van der Waals surface area (Å²) >= 11 is 0. The number of likely N-dealkylation sites (N-methyl/N-ethyl adjacent to an activating group) is 1. The van der Waals surface area contributed by atoms with E-state index in [4.69, 9.17) is 4.74 Å². The Morgan fingerprint density at radius 3 is 2.71 bits per heavy atom. The Hall–Kier alpha value is -1.07. The molecule has 0 bridgehead atoms. The molecule has 0 saturated heterocycles. The van der Waals surface area contributed by atoms with Gasteiger partial charge in [0.05, 0.1) is 31.6 Å². The van der Waals surface area contributed by atoms with E-state index in [0.717, 1.165) is 31.0 Å². The third-order valence-corrected chi connectivity index (χ3v) is 2.91. The van der Waals surface area contributed by atoms with Gasteiger partial charge in [-0.15, -0.1) is 0 Å². The lowest BCUT2D eigenvalue weighted by atomic mass is 10.1. The van der Waals surface area contributed by atoms with Crippen LogP contribution in [0.4, 0.5) is 0 Å². The first-order valence-corrected chi connectivity index (χ1v) is 6.05. The maximum absolute atomic E-state index is 5.38. The SMILES string of the molecule is CCC(NC)c1c(OC)cnn1CCN(C)C. The van der Waals surface area contributed by atoms with Gasteiger partial charge in [-0.2, -0.15) is 5.10 Å². The fraction of sp³-hybridized carbons (Fsp3) is 0.750. The molecular weight excluding hydrogens is 216 g/mol. The number of methoxy groups -OCH3 is 1. The maximum atomic E-state index is 5.38. The van der Waals surface area contributed by atoms with Crippen molar-refractivity contribution in [2.75, 3.05) is 34.8 Å². The minimum atomic E-state index is 0.287. The van der Waals surface area contributed by atoms with Crippen LogP contribution >= 0.6 is 0 Å². The molecule has 1 unspecified atom stereocenters. The van der Waals surface area contributed by atoms with Crippen LogP contribution < -0.4 is 10.1 Å². The Bertz CT molecular complexity index is 331. The zero-order valence-corrected chi connectivity index (χ0v) is 11.5. The van der Waals surface area contributed by atoms with Crippen LogP contribution in [0.3, 0.4) is 0 Å². The number of hydrogen-bond donors (Lipinski definition) is 1. The fourth-order valence-corrected chi connectivity index (χ4v) is 1.89. The van der Waals surface area contributed by atoms with E-state index in [0.29, 0.717) is 0 Å². The largest absolute Gasteiger partial charge is 0.493 e. The number of hydrogen-bond acceptors (Lipinski definition) is 4. The Labute approximate surface area is 104 Å². The highest BCUT2D eigenvalue weighted by Gasteiger charge is 2.18. The molecule has 0 radical (unpaired) electrons. The van der Waals surface area contributed by atoms with E-state index in [1.807, 2.05) is 11.7 Å². The van der Waals surface area contributed by atoms with Crippen LogP contribution in [0.5, 0.6) is 5.75 Å². The quantitative estimate of drug-likeness (QED) is 0.775. The highest BCUT2D eigenvalue weighted by molar-refractivity contribution is 5.28.